The topological polar surface area (TPSA) is 62.7 Å². The Morgan fingerprint density at radius 3 is 2.52 bits per heavy atom. The second-order valence-corrected chi connectivity index (χ2v) is 9.18. The van der Waals surface area contributed by atoms with Gasteiger partial charge in [0.2, 0.25) is 5.91 Å². The van der Waals surface area contributed by atoms with Gasteiger partial charge in [0.05, 0.1) is 16.8 Å². The highest BCUT2D eigenvalue weighted by Gasteiger charge is 2.47. The van der Waals surface area contributed by atoms with Crippen molar-refractivity contribution in [3.8, 4) is 0 Å². The van der Waals surface area contributed by atoms with Crippen molar-refractivity contribution in [3.63, 3.8) is 0 Å². The zero-order valence-corrected chi connectivity index (χ0v) is 17.3. The van der Waals surface area contributed by atoms with Crippen LogP contribution in [0.1, 0.15) is 58.7 Å². The second kappa shape index (κ2) is 7.30. The number of hydrogen-bond donors (Lipinski definition) is 0. The summed E-state index contributed by atoms with van der Waals surface area (Å²) in [6.07, 6.45) is 3.51. The summed E-state index contributed by atoms with van der Waals surface area (Å²) in [5, 5.41) is 0.588. The van der Waals surface area contributed by atoms with E-state index in [1.54, 1.807) is 17.2 Å². The molecule has 7 heteroatoms. The van der Waals surface area contributed by atoms with Gasteiger partial charge in [0, 0.05) is 37.7 Å². The molecule has 2 fully saturated rings. The summed E-state index contributed by atoms with van der Waals surface area (Å²) in [7, 11) is 0. The summed E-state index contributed by atoms with van der Waals surface area (Å²) in [5.41, 5.74) is 0.292. The maximum Gasteiger partial charge on any atom is 0.410 e. The Morgan fingerprint density at radius 2 is 1.96 bits per heavy atom. The molecule has 1 unspecified atom stereocenters. The number of carbonyl (C=O) groups is 2. The highest BCUT2D eigenvalue weighted by molar-refractivity contribution is 6.30. The van der Waals surface area contributed by atoms with Crippen molar-refractivity contribution in [2.45, 2.75) is 58.6 Å². The predicted octanol–water partition coefficient (Wildman–Crippen LogP) is 4.05. The number of halogens is 1. The summed E-state index contributed by atoms with van der Waals surface area (Å²) >= 11 is 5.92. The van der Waals surface area contributed by atoms with Crippen molar-refractivity contribution in [1.82, 2.24) is 14.8 Å². The molecule has 0 aliphatic carbocycles. The smallest absolute Gasteiger partial charge is 0.410 e. The molecule has 6 nitrogen and oxygen atoms in total. The number of piperidine rings is 1. The van der Waals surface area contributed by atoms with Crippen LogP contribution in [-0.4, -0.2) is 52.0 Å². The molecule has 3 rings (SSSR count). The molecule has 1 spiro atoms. The third-order valence-electron chi connectivity index (χ3n) is 5.47. The lowest BCUT2D eigenvalue weighted by atomic mass is 9.77. The molecule has 1 atom stereocenters. The minimum absolute atomic E-state index is 0.0592. The first-order valence-electron chi connectivity index (χ1n) is 9.47. The van der Waals surface area contributed by atoms with Crippen molar-refractivity contribution in [1.29, 1.82) is 0 Å². The van der Waals surface area contributed by atoms with Gasteiger partial charge in [-0.15, -0.1) is 0 Å². The quantitative estimate of drug-likeness (QED) is 0.760. The summed E-state index contributed by atoms with van der Waals surface area (Å²) in [4.78, 5) is 33.0. The van der Waals surface area contributed by atoms with E-state index in [0.29, 0.717) is 31.1 Å². The summed E-state index contributed by atoms with van der Waals surface area (Å²) in [6, 6.07) is 3.59. The van der Waals surface area contributed by atoms with Crippen LogP contribution in [0.4, 0.5) is 4.79 Å². The third kappa shape index (κ3) is 4.54. The van der Waals surface area contributed by atoms with E-state index in [1.165, 1.54) is 0 Å². The fourth-order valence-corrected chi connectivity index (χ4v) is 4.01. The number of carbonyl (C=O) groups excluding carboxylic acids is 2. The molecular weight excluding hydrogens is 366 g/mol. The SMILES string of the molecule is CC(c1ccc(Cl)cn1)N1CC2(CCN(C(=O)OC(C)(C)C)CC2)CC1=O. The number of rotatable bonds is 2. The number of pyridine rings is 1. The normalized spacial score (nSPS) is 20.9. The number of hydrogen-bond acceptors (Lipinski definition) is 4. The lowest BCUT2D eigenvalue weighted by Crippen LogP contribution is -2.46. The van der Waals surface area contributed by atoms with Crippen LogP contribution in [0.3, 0.4) is 0 Å². The van der Waals surface area contributed by atoms with Gasteiger partial charge in [-0.05, 0) is 52.7 Å². The van der Waals surface area contributed by atoms with Crippen LogP contribution >= 0.6 is 11.6 Å². The average Bonchev–Trinajstić information content (AvgIpc) is 2.90. The van der Waals surface area contributed by atoms with E-state index < -0.39 is 5.60 Å². The van der Waals surface area contributed by atoms with E-state index in [1.807, 2.05) is 38.7 Å². The molecule has 2 amide bonds. The lowest BCUT2D eigenvalue weighted by Gasteiger charge is -2.39. The molecule has 2 aliphatic heterocycles. The molecule has 1 aromatic rings. The minimum atomic E-state index is -0.493. The lowest BCUT2D eigenvalue weighted by molar-refractivity contribution is -0.129. The largest absolute Gasteiger partial charge is 0.444 e. The van der Waals surface area contributed by atoms with E-state index >= 15 is 0 Å². The Morgan fingerprint density at radius 1 is 1.30 bits per heavy atom. The standard InChI is InChI=1S/C20H28ClN3O3/c1-14(16-6-5-15(21)12-22-16)24-13-20(11-17(24)25)7-9-23(10-8-20)18(26)27-19(2,3)4/h5-6,12,14H,7-11,13H2,1-4H3. The minimum Gasteiger partial charge on any atom is -0.444 e. The van der Waals surface area contributed by atoms with Crippen LogP contribution in [0.2, 0.25) is 5.02 Å². The monoisotopic (exact) mass is 393 g/mol. The van der Waals surface area contributed by atoms with Crippen molar-refractivity contribution in [2.24, 2.45) is 5.41 Å². The molecule has 0 saturated carbocycles. The Kier molecular flexibility index (Phi) is 5.39. The summed E-state index contributed by atoms with van der Waals surface area (Å²) < 4.78 is 5.47. The van der Waals surface area contributed by atoms with Crippen LogP contribution in [0.15, 0.2) is 18.3 Å². The molecule has 0 bridgehead atoms. The molecule has 1 aromatic heterocycles. The first-order valence-corrected chi connectivity index (χ1v) is 9.85. The van der Waals surface area contributed by atoms with Gasteiger partial charge in [0.15, 0.2) is 0 Å². The average molecular weight is 394 g/mol. The molecule has 3 heterocycles. The number of nitrogens with zero attached hydrogens (tertiary/aromatic N) is 3. The molecule has 148 valence electrons. The van der Waals surface area contributed by atoms with Crippen LogP contribution in [-0.2, 0) is 9.53 Å². The van der Waals surface area contributed by atoms with Gasteiger partial charge >= 0.3 is 6.09 Å². The van der Waals surface area contributed by atoms with Gasteiger partial charge in [-0.1, -0.05) is 11.6 Å². The van der Waals surface area contributed by atoms with Crippen LogP contribution in [0.5, 0.6) is 0 Å². The summed E-state index contributed by atoms with van der Waals surface area (Å²) in [6.45, 7) is 9.58. The molecular formula is C20H28ClN3O3. The molecule has 27 heavy (non-hydrogen) atoms. The van der Waals surface area contributed by atoms with E-state index in [4.69, 9.17) is 16.3 Å². The van der Waals surface area contributed by atoms with E-state index in [9.17, 15) is 9.59 Å². The molecule has 0 radical (unpaired) electrons. The van der Waals surface area contributed by atoms with Crippen molar-refractivity contribution < 1.29 is 14.3 Å². The fourth-order valence-electron chi connectivity index (χ4n) is 3.90. The van der Waals surface area contributed by atoms with Gasteiger partial charge in [0.1, 0.15) is 5.60 Å². The van der Waals surface area contributed by atoms with Crippen LogP contribution in [0.25, 0.3) is 0 Å². The Bertz CT molecular complexity index is 706. The number of ether oxygens (including phenoxy) is 1. The Balaban J connectivity index is 1.62. The highest BCUT2D eigenvalue weighted by atomic mass is 35.5. The highest BCUT2D eigenvalue weighted by Crippen LogP contribution is 2.43. The zero-order chi connectivity index (χ0) is 19.8. The van der Waals surface area contributed by atoms with Crippen molar-refractivity contribution in [3.05, 3.63) is 29.0 Å². The molecule has 0 aromatic carbocycles. The summed E-state index contributed by atoms with van der Waals surface area (Å²) in [5.74, 6) is 0.157. The number of amides is 2. The van der Waals surface area contributed by atoms with E-state index in [-0.39, 0.29) is 23.5 Å². The van der Waals surface area contributed by atoms with Gasteiger partial charge < -0.3 is 14.5 Å². The maximum absolute atomic E-state index is 12.7. The first kappa shape index (κ1) is 19.9. The molecule has 2 aliphatic rings. The molecule has 2 saturated heterocycles. The van der Waals surface area contributed by atoms with Crippen LogP contribution < -0.4 is 0 Å². The van der Waals surface area contributed by atoms with E-state index in [2.05, 4.69) is 4.98 Å². The predicted molar refractivity (Wildman–Crippen MR) is 103 cm³/mol. The zero-order valence-electron chi connectivity index (χ0n) is 16.5. The number of aromatic nitrogens is 1. The second-order valence-electron chi connectivity index (χ2n) is 8.74. The Labute approximate surface area is 165 Å². The molecule has 0 N–H and O–H groups in total. The van der Waals surface area contributed by atoms with Gasteiger partial charge in [-0.25, -0.2) is 4.79 Å². The van der Waals surface area contributed by atoms with Gasteiger partial charge in [-0.2, -0.15) is 0 Å². The maximum atomic E-state index is 12.7. The first-order chi connectivity index (χ1) is 12.6. The van der Waals surface area contributed by atoms with Crippen molar-refractivity contribution >= 4 is 23.6 Å². The van der Waals surface area contributed by atoms with E-state index in [0.717, 1.165) is 18.5 Å². The Hall–Kier alpha value is -1.82. The fraction of sp³-hybridized carbons (Fsp3) is 0.650. The number of likely N-dealkylation sites (tertiary alicyclic amines) is 2. The third-order valence-corrected chi connectivity index (χ3v) is 5.70. The van der Waals surface area contributed by atoms with Gasteiger partial charge in [0.25, 0.3) is 0 Å². The van der Waals surface area contributed by atoms with Crippen LogP contribution in [0, 0.1) is 5.41 Å². The van der Waals surface area contributed by atoms with Gasteiger partial charge in [-0.3, -0.25) is 9.78 Å². The van der Waals surface area contributed by atoms with Crippen molar-refractivity contribution in [2.75, 3.05) is 19.6 Å².